The van der Waals surface area contributed by atoms with Gasteiger partial charge in [0, 0.05) is 9.72 Å². The van der Waals surface area contributed by atoms with Crippen LogP contribution in [0.1, 0.15) is 25.8 Å². The van der Waals surface area contributed by atoms with Crippen LogP contribution in [0.3, 0.4) is 0 Å². The van der Waals surface area contributed by atoms with Crippen molar-refractivity contribution < 1.29 is 13.2 Å². The van der Waals surface area contributed by atoms with E-state index in [0.717, 1.165) is 18.6 Å². The second-order valence-corrected chi connectivity index (χ2v) is 7.48. The number of aliphatic imine (C=N–C) groups is 1. The molecule has 1 N–H and O–H groups in total. The molecule has 0 bridgehead atoms. The number of benzene rings is 1. The number of halogens is 4. The van der Waals surface area contributed by atoms with Gasteiger partial charge in [-0.25, -0.2) is 0 Å². The van der Waals surface area contributed by atoms with E-state index in [1.807, 2.05) is 0 Å². The Balaban J connectivity index is 2.07. The van der Waals surface area contributed by atoms with Crippen molar-refractivity contribution in [3.8, 4) is 0 Å². The average molecular weight is 381 g/mol. The number of anilines is 1. The molecule has 1 aromatic rings. The monoisotopic (exact) mass is 380 g/mol. The van der Waals surface area contributed by atoms with Crippen molar-refractivity contribution in [1.29, 1.82) is 0 Å². The fourth-order valence-corrected chi connectivity index (χ4v) is 3.66. The van der Waals surface area contributed by atoms with Gasteiger partial charge in [-0.05, 0) is 46.5 Å². The summed E-state index contributed by atoms with van der Waals surface area (Å²) in [7, 11) is 0. The van der Waals surface area contributed by atoms with E-state index in [4.69, 9.17) is 0 Å². The number of alkyl halides is 3. The summed E-state index contributed by atoms with van der Waals surface area (Å²) in [6.45, 7) is 5.01. The van der Waals surface area contributed by atoms with Crippen LogP contribution in [0, 0.1) is 5.92 Å². The lowest BCUT2D eigenvalue weighted by atomic mass is 10.1. The zero-order chi connectivity index (χ0) is 15.6. The molecule has 1 aliphatic heterocycles. The lowest BCUT2D eigenvalue weighted by molar-refractivity contribution is -0.137. The summed E-state index contributed by atoms with van der Waals surface area (Å²) in [5, 5.41) is 4.07. The maximum absolute atomic E-state index is 12.7. The predicted octanol–water partition coefficient (Wildman–Crippen LogP) is 5.40. The highest BCUT2D eigenvalue weighted by Gasteiger charge is 2.31. The molecule has 116 valence electrons. The van der Waals surface area contributed by atoms with Gasteiger partial charge in [0.1, 0.15) is 0 Å². The molecule has 0 amide bonds. The van der Waals surface area contributed by atoms with E-state index in [-0.39, 0.29) is 0 Å². The highest BCUT2D eigenvalue weighted by atomic mass is 79.9. The second kappa shape index (κ2) is 6.60. The standard InChI is InChI=1S/C14H16BrF3N2S/c1-8(2)5-10-7-19-13(21-10)20-12-6-9(14(16,17)18)3-4-11(12)15/h3-4,6,8,10H,5,7H2,1-2H3,(H,19,20). The van der Waals surface area contributed by atoms with Crippen LogP contribution in [0.5, 0.6) is 0 Å². The number of nitrogens with zero attached hydrogens (tertiary/aromatic N) is 1. The van der Waals surface area contributed by atoms with Crippen LogP contribution < -0.4 is 5.32 Å². The fraction of sp³-hybridized carbons (Fsp3) is 0.500. The van der Waals surface area contributed by atoms with Gasteiger partial charge in [-0.2, -0.15) is 13.2 Å². The first-order valence-corrected chi connectivity index (χ1v) is 8.28. The Kier molecular flexibility index (Phi) is 5.24. The second-order valence-electron chi connectivity index (χ2n) is 5.33. The van der Waals surface area contributed by atoms with Gasteiger partial charge in [0.15, 0.2) is 5.17 Å². The number of hydrogen-bond donors (Lipinski definition) is 1. The minimum absolute atomic E-state index is 0.390. The summed E-state index contributed by atoms with van der Waals surface area (Å²) in [6, 6.07) is 3.56. The first-order chi connectivity index (χ1) is 9.75. The maximum atomic E-state index is 12.7. The first kappa shape index (κ1) is 16.7. The van der Waals surface area contributed by atoms with Gasteiger partial charge in [-0.1, -0.05) is 25.6 Å². The molecule has 0 radical (unpaired) electrons. The molecule has 0 aliphatic carbocycles. The summed E-state index contributed by atoms with van der Waals surface area (Å²) >= 11 is 4.86. The molecule has 1 aliphatic rings. The van der Waals surface area contributed by atoms with Crippen LogP contribution in [-0.4, -0.2) is 17.0 Å². The lowest BCUT2D eigenvalue weighted by Crippen LogP contribution is -2.11. The van der Waals surface area contributed by atoms with Crippen molar-refractivity contribution in [3.05, 3.63) is 28.2 Å². The van der Waals surface area contributed by atoms with Gasteiger partial charge in [0.2, 0.25) is 0 Å². The van der Waals surface area contributed by atoms with E-state index in [2.05, 4.69) is 40.1 Å². The van der Waals surface area contributed by atoms with Gasteiger partial charge in [-0.3, -0.25) is 4.99 Å². The minimum Gasteiger partial charge on any atom is -0.334 e. The van der Waals surface area contributed by atoms with Gasteiger partial charge >= 0.3 is 6.18 Å². The van der Waals surface area contributed by atoms with Crippen molar-refractivity contribution in [1.82, 2.24) is 0 Å². The molecule has 0 spiro atoms. The smallest absolute Gasteiger partial charge is 0.334 e. The predicted molar refractivity (Wildman–Crippen MR) is 85.9 cm³/mol. The van der Waals surface area contributed by atoms with Crippen molar-refractivity contribution >= 4 is 38.5 Å². The molecule has 1 heterocycles. The van der Waals surface area contributed by atoms with Crippen LogP contribution in [0.25, 0.3) is 0 Å². The summed E-state index contributed by atoms with van der Waals surface area (Å²) < 4.78 is 38.8. The van der Waals surface area contributed by atoms with Gasteiger partial charge < -0.3 is 5.32 Å². The molecular weight excluding hydrogens is 365 g/mol. The third-order valence-corrected chi connectivity index (χ3v) is 4.81. The van der Waals surface area contributed by atoms with E-state index in [0.29, 0.717) is 33.0 Å². The molecule has 2 nitrogen and oxygen atoms in total. The van der Waals surface area contributed by atoms with Crippen LogP contribution in [-0.2, 0) is 6.18 Å². The summed E-state index contributed by atoms with van der Waals surface area (Å²) in [4.78, 5) is 4.36. The van der Waals surface area contributed by atoms with E-state index < -0.39 is 11.7 Å². The molecule has 7 heteroatoms. The van der Waals surface area contributed by atoms with Gasteiger partial charge in [-0.15, -0.1) is 0 Å². The van der Waals surface area contributed by atoms with Crippen LogP contribution in [0.4, 0.5) is 18.9 Å². The molecule has 0 saturated heterocycles. The molecule has 0 saturated carbocycles. The first-order valence-electron chi connectivity index (χ1n) is 6.60. The Bertz CT molecular complexity index is 544. The van der Waals surface area contributed by atoms with Crippen LogP contribution in [0.2, 0.25) is 0 Å². The number of hydrogen-bond acceptors (Lipinski definition) is 3. The highest BCUT2D eigenvalue weighted by Crippen LogP contribution is 2.35. The summed E-state index contributed by atoms with van der Waals surface area (Å²) in [5.74, 6) is 0.581. The quantitative estimate of drug-likeness (QED) is 0.759. The van der Waals surface area contributed by atoms with Crippen molar-refractivity contribution in [2.45, 2.75) is 31.7 Å². The topological polar surface area (TPSA) is 24.4 Å². The normalized spacial score (nSPS) is 19.0. The van der Waals surface area contributed by atoms with Crippen LogP contribution in [0.15, 0.2) is 27.7 Å². The Hall–Kier alpha value is -0.690. The van der Waals surface area contributed by atoms with Gasteiger partial charge in [0.05, 0.1) is 17.8 Å². The average Bonchev–Trinajstić information content (AvgIpc) is 2.77. The van der Waals surface area contributed by atoms with Crippen molar-refractivity contribution in [2.24, 2.45) is 10.9 Å². The fourth-order valence-electron chi connectivity index (χ4n) is 2.05. The van der Waals surface area contributed by atoms with E-state index >= 15 is 0 Å². The lowest BCUT2D eigenvalue weighted by Gasteiger charge is -2.13. The zero-order valence-electron chi connectivity index (χ0n) is 11.7. The van der Waals surface area contributed by atoms with Crippen molar-refractivity contribution in [2.75, 3.05) is 11.9 Å². The summed E-state index contributed by atoms with van der Waals surface area (Å²) in [5.41, 5.74) is -0.281. The van der Waals surface area contributed by atoms with Gasteiger partial charge in [0.25, 0.3) is 0 Å². The van der Waals surface area contributed by atoms with E-state index in [9.17, 15) is 13.2 Å². The number of thioether (sulfide) groups is 1. The molecule has 1 aromatic carbocycles. The SMILES string of the molecule is CC(C)CC1CN=C(Nc2cc(C(F)(F)F)ccc2Br)S1. The number of rotatable bonds is 3. The van der Waals surface area contributed by atoms with E-state index in [1.54, 1.807) is 11.8 Å². The van der Waals surface area contributed by atoms with Crippen molar-refractivity contribution in [3.63, 3.8) is 0 Å². The van der Waals surface area contributed by atoms with E-state index in [1.165, 1.54) is 6.07 Å². The largest absolute Gasteiger partial charge is 0.416 e. The van der Waals surface area contributed by atoms with Crippen LogP contribution >= 0.6 is 27.7 Å². The molecule has 1 atom stereocenters. The molecule has 2 rings (SSSR count). The maximum Gasteiger partial charge on any atom is 0.416 e. The zero-order valence-corrected chi connectivity index (χ0v) is 14.1. The molecule has 21 heavy (non-hydrogen) atoms. The Morgan fingerprint density at radius 2 is 2.14 bits per heavy atom. The Morgan fingerprint density at radius 3 is 2.76 bits per heavy atom. The Labute approximate surface area is 134 Å². The molecular formula is C14H16BrF3N2S. The molecule has 0 fully saturated rings. The molecule has 1 unspecified atom stereocenters. The minimum atomic E-state index is -4.35. The number of amidine groups is 1. The third kappa shape index (κ3) is 4.64. The third-order valence-electron chi connectivity index (χ3n) is 2.99. The summed E-state index contributed by atoms with van der Waals surface area (Å²) in [6.07, 6.45) is -3.30. The highest BCUT2D eigenvalue weighted by molar-refractivity contribution is 9.10. The molecule has 0 aromatic heterocycles. The Morgan fingerprint density at radius 1 is 1.43 bits per heavy atom. The number of nitrogens with one attached hydrogen (secondary N) is 1.